The average Bonchev–Trinajstić information content (AvgIpc) is 3.10. The summed E-state index contributed by atoms with van der Waals surface area (Å²) in [5.74, 6) is -0.547. The second kappa shape index (κ2) is 4.15. The molecule has 2 aliphatic rings. The van der Waals surface area contributed by atoms with Gasteiger partial charge in [0.2, 0.25) is 5.91 Å². The minimum absolute atomic E-state index is 0.0640. The third-order valence-corrected chi connectivity index (χ3v) is 3.80. The van der Waals surface area contributed by atoms with Gasteiger partial charge < -0.3 is 10.6 Å². The molecule has 1 unspecified atom stereocenters. The lowest BCUT2D eigenvalue weighted by Crippen LogP contribution is -2.66. The Hall–Kier alpha value is -0.780. The molecule has 0 aromatic heterocycles. The summed E-state index contributed by atoms with van der Waals surface area (Å²) >= 11 is 0. The molecule has 2 N–H and O–H groups in total. The smallest absolute Gasteiger partial charge is 0.328 e. The van der Waals surface area contributed by atoms with Crippen molar-refractivity contribution in [1.82, 2.24) is 4.90 Å². The van der Waals surface area contributed by atoms with Crippen LogP contribution in [0.15, 0.2) is 0 Å². The molecule has 1 saturated heterocycles. The number of rotatable bonds is 2. The second-order valence-corrected chi connectivity index (χ2v) is 4.95. The highest BCUT2D eigenvalue weighted by atomic mass is 19.4. The van der Waals surface area contributed by atoms with Crippen LogP contribution in [0.1, 0.15) is 32.1 Å². The summed E-state index contributed by atoms with van der Waals surface area (Å²) in [6.45, 7) is -0.346. The predicted molar refractivity (Wildman–Crippen MR) is 56.1 cm³/mol. The van der Waals surface area contributed by atoms with Crippen LogP contribution in [0.25, 0.3) is 0 Å². The maximum absolute atomic E-state index is 13.2. The number of nitrogens with zero attached hydrogens (tertiary/aromatic N) is 1. The van der Waals surface area contributed by atoms with Gasteiger partial charge in [-0.05, 0) is 32.1 Å². The summed E-state index contributed by atoms with van der Waals surface area (Å²) in [6.07, 6.45) is -1.96. The molecule has 1 amide bonds. The van der Waals surface area contributed by atoms with Crippen LogP contribution in [0, 0.1) is 5.92 Å². The number of amides is 1. The summed E-state index contributed by atoms with van der Waals surface area (Å²) in [4.78, 5) is 13.0. The standard InChI is InChI=1S/C11H17F3N2O/c12-11(13,14)10(7-15)5-1-2-6-16(10)9(17)8-3-4-8/h8H,1-7,15H2. The number of carbonyl (C=O) groups is 1. The third-order valence-electron chi connectivity index (χ3n) is 3.80. The fourth-order valence-electron chi connectivity index (χ4n) is 2.53. The maximum atomic E-state index is 13.2. The quantitative estimate of drug-likeness (QED) is 0.810. The molecule has 0 radical (unpaired) electrons. The number of alkyl halides is 3. The summed E-state index contributed by atoms with van der Waals surface area (Å²) in [7, 11) is 0. The number of nitrogens with two attached hydrogens (primary N) is 1. The van der Waals surface area contributed by atoms with Crippen molar-refractivity contribution in [3.8, 4) is 0 Å². The van der Waals surface area contributed by atoms with Gasteiger partial charge in [-0.25, -0.2) is 0 Å². The summed E-state index contributed by atoms with van der Waals surface area (Å²) in [5.41, 5.74) is 3.24. The third kappa shape index (κ3) is 2.03. The highest BCUT2D eigenvalue weighted by molar-refractivity contribution is 5.82. The van der Waals surface area contributed by atoms with Gasteiger partial charge >= 0.3 is 6.18 Å². The normalized spacial score (nSPS) is 30.5. The van der Waals surface area contributed by atoms with E-state index in [0.29, 0.717) is 25.7 Å². The molecule has 3 nitrogen and oxygen atoms in total. The van der Waals surface area contributed by atoms with Gasteiger partial charge in [0, 0.05) is 19.0 Å². The summed E-state index contributed by atoms with van der Waals surface area (Å²) in [6, 6.07) is 0. The van der Waals surface area contributed by atoms with Gasteiger partial charge in [-0.1, -0.05) is 0 Å². The molecule has 1 atom stereocenters. The highest BCUT2D eigenvalue weighted by Gasteiger charge is 2.60. The van der Waals surface area contributed by atoms with Gasteiger partial charge in [-0.15, -0.1) is 0 Å². The Balaban J connectivity index is 2.28. The number of halogens is 3. The van der Waals surface area contributed by atoms with E-state index in [1.165, 1.54) is 0 Å². The fraction of sp³-hybridized carbons (Fsp3) is 0.909. The SMILES string of the molecule is NCC1(C(F)(F)F)CCCCN1C(=O)C1CC1. The molecule has 0 bridgehead atoms. The molecule has 98 valence electrons. The molecular weight excluding hydrogens is 233 g/mol. The Bertz CT molecular complexity index is 314. The van der Waals surface area contributed by atoms with Crippen LogP contribution in [0.4, 0.5) is 13.2 Å². The van der Waals surface area contributed by atoms with E-state index in [1.54, 1.807) is 0 Å². The minimum Gasteiger partial charge on any atom is -0.328 e. The number of likely N-dealkylation sites (tertiary alicyclic amines) is 1. The molecular formula is C11H17F3N2O. The van der Waals surface area contributed by atoms with Crippen molar-refractivity contribution in [2.45, 2.75) is 43.8 Å². The Kier molecular flexibility index (Phi) is 3.10. The van der Waals surface area contributed by atoms with Crippen LogP contribution in [0.2, 0.25) is 0 Å². The zero-order chi connectivity index (χ0) is 12.7. The van der Waals surface area contributed by atoms with E-state index in [2.05, 4.69) is 0 Å². The molecule has 1 saturated carbocycles. The first-order valence-corrected chi connectivity index (χ1v) is 6.01. The van der Waals surface area contributed by atoms with Crippen LogP contribution < -0.4 is 5.73 Å². The number of carbonyl (C=O) groups excluding carboxylic acids is 1. The number of piperidine rings is 1. The zero-order valence-corrected chi connectivity index (χ0v) is 9.59. The maximum Gasteiger partial charge on any atom is 0.412 e. The Morgan fingerprint density at radius 1 is 1.35 bits per heavy atom. The summed E-state index contributed by atoms with van der Waals surface area (Å²) < 4.78 is 39.7. The van der Waals surface area contributed by atoms with Crippen LogP contribution >= 0.6 is 0 Å². The predicted octanol–water partition coefficient (Wildman–Crippen LogP) is 1.67. The Labute approximate surface area is 98.1 Å². The van der Waals surface area contributed by atoms with Gasteiger partial charge in [0.05, 0.1) is 0 Å². The monoisotopic (exact) mass is 250 g/mol. The molecule has 17 heavy (non-hydrogen) atoms. The first kappa shape index (κ1) is 12.7. The van der Waals surface area contributed by atoms with E-state index in [4.69, 9.17) is 5.73 Å². The zero-order valence-electron chi connectivity index (χ0n) is 9.59. The van der Waals surface area contributed by atoms with Crippen molar-refractivity contribution < 1.29 is 18.0 Å². The van der Waals surface area contributed by atoms with Crippen molar-refractivity contribution in [3.63, 3.8) is 0 Å². The molecule has 2 rings (SSSR count). The van der Waals surface area contributed by atoms with E-state index in [0.717, 1.165) is 4.90 Å². The molecule has 2 fully saturated rings. The highest BCUT2D eigenvalue weighted by Crippen LogP contribution is 2.44. The largest absolute Gasteiger partial charge is 0.412 e. The number of hydrogen-bond acceptors (Lipinski definition) is 2. The Morgan fingerprint density at radius 3 is 2.47 bits per heavy atom. The molecule has 0 aromatic rings. The number of hydrogen-bond donors (Lipinski definition) is 1. The van der Waals surface area contributed by atoms with Crippen molar-refractivity contribution in [3.05, 3.63) is 0 Å². The summed E-state index contributed by atoms with van der Waals surface area (Å²) in [5, 5.41) is 0. The van der Waals surface area contributed by atoms with Gasteiger partial charge in [0.25, 0.3) is 0 Å². The van der Waals surface area contributed by atoms with Gasteiger partial charge in [0.15, 0.2) is 5.54 Å². The van der Waals surface area contributed by atoms with Crippen LogP contribution in [-0.4, -0.2) is 35.6 Å². The van der Waals surface area contributed by atoms with Crippen molar-refractivity contribution in [2.24, 2.45) is 11.7 Å². The van der Waals surface area contributed by atoms with E-state index in [1.807, 2.05) is 0 Å². The fourth-order valence-corrected chi connectivity index (χ4v) is 2.53. The van der Waals surface area contributed by atoms with Crippen LogP contribution in [0.3, 0.4) is 0 Å². The van der Waals surface area contributed by atoms with Crippen molar-refractivity contribution >= 4 is 5.91 Å². The molecule has 1 aliphatic carbocycles. The van der Waals surface area contributed by atoms with E-state index < -0.39 is 18.3 Å². The Morgan fingerprint density at radius 2 is 2.00 bits per heavy atom. The lowest BCUT2D eigenvalue weighted by atomic mass is 9.85. The topological polar surface area (TPSA) is 46.3 Å². The molecule has 0 spiro atoms. The lowest BCUT2D eigenvalue weighted by molar-refractivity contribution is -0.237. The van der Waals surface area contributed by atoms with Crippen molar-refractivity contribution in [2.75, 3.05) is 13.1 Å². The first-order chi connectivity index (χ1) is 7.92. The van der Waals surface area contributed by atoms with Gasteiger partial charge in [-0.2, -0.15) is 13.2 Å². The van der Waals surface area contributed by atoms with Crippen molar-refractivity contribution in [1.29, 1.82) is 0 Å². The minimum atomic E-state index is -4.44. The van der Waals surface area contributed by atoms with E-state index >= 15 is 0 Å². The molecule has 1 aliphatic heterocycles. The van der Waals surface area contributed by atoms with Crippen LogP contribution in [-0.2, 0) is 4.79 Å². The van der Waals surface area contributed by atoms with Crippen LogP contribution in [0.5, 0.6) is 0 Å². The van der Waals surface area contributed by atoms with E-state index in [-0.39, 0.29) is 24.8 Å². The lowest BCUT2D eigenvalue weighted by Gasteiger charge is -2.47. The van der Waals surface area contributed by atoms with Gasteiger partial charge in [-0.3, -0.25) is 4.79 Å². The van der Waals surface area contributed by atoms with E-state index in [9.17, 15) is 18.0 Å². The average molecular weight is 250 g/mol. The molecule has 6 heteroatoms. The molecule has 0 aromatic carbocycles. The second-order valence-electron chi connectivity index (χ2n) is 4.95. The molecule has 1 heterocycles. The van der Waals surface area contributed by atoms with Gasteiger partial charge in [0.1, 0.15) is 0 Å². The first-order valence-electron chi connectivity index (χ1n) is 6.01.